The Bertz CT molecular complexity index is 1190. The number of phenolic OH excluding ortho intramolecular Hbond substituents is 1. The van der Waals surface area contributed by atoms with E-state index in [1.807, 2.05) is 0 Å². The summed E-state index contributed by atoms with van der Waals surface area (Å²) in [6, 6.07) is 19.1. The van der Waals surface area contributed by atoms with E-state index < -0.39 is 17.7 Å². The smallest absolute Gasteiger partial charge is 0.300 e. The maximum absolute atomic E-state index is 13.1. The number of hydrogen-bond acceptors (Lipinski definition) is 5. The fourth-order valence-electron chi connectivity index (χ4n) is 3.66. The van der Waals surface area contributed by atoms with Crippen molar-refractivity contribution in [3.05, 3.63) is 94.5 Å². The number of amides is 1. The Hall–Kier alpha value is -3.77. The van der Waals surface area contributed by atoms with Gasteiger partial charge in [0, 0.05) is 11.3 Å². The van der Waals surface area contributed by atoms with Crippen LogP contribution in [0.15, 0.2) is 78.4 Å². The second kappa shape index (κ2) is 8.16. The first kappa shape index (κ1) is 20.5. The van der Waals surface area contributed by atoms with Gasteiger partial charge in [-0.1, -0.05) is 60.1 Å². The van der Waals surface area contributed by atoms with Gasteiger partial charge in [0.2, 0.25) is 0 Å². The number of aliphatic hydroxyl groups is 1. The number of anilines is 1. The highest BCUT2D eigenvalue weighted by Gasteiger charge is 2.47. The average Bonchev–Trinajstić information content (AvgIpc) is 3.06. The zero-order valence-electron chi connectivity index (χ0n) is 16.4. The Labute approximate surface area is 183 Å². The lowest BCUT2D eigenvalue weighted by Crippen LogP contribution is -2.29. The molecule has 3 aromatic carbocycles. The lowest BCUT2D eigenvalue weighted by molar-refractivity contribution is -0.132. The highest BCUT2D eigenvalue weighted by molar-refractivity contribution is 6.51. The Morgan fingerprint density at radius 1 is 1.00 bits per heavy atom. The van der Waals surface area contributed by atoms with Crippen LogP contribution in [0.4, 0.5) is 5.69 Å². The quantitative estimate of drug-likeness (QED) is 0.353. The summed E-state index contributed by atoms with van der Waals surface area (Å²) >= 11 is 6.19. The van der Waals surface area contributed by atoms with E-state index in [4.69, 9.17) is 16.3 Å². The Morgan fingerprint density at radius 2 is 1.61 bits per heavy atom. The maximum Gasteiger partial charge on any atom is 0.300 e. The molecule has 1 unspecified atom stereocenters. The number of para-hydroxylation sites is 1. The fourth-order valence-corrected chi connectivity index (χ4v) is 3.88. The Kier molecular flexibility index (Phi) is 5.40. The first-order valence-corrected chi connectivity index (χ1v) is 9.79. The topological polar surface area (TPSA) is 87.1 Å². The molecule has 1 saturated heterocycles. The highest BCUT2D eigenvalue weighted by atomic mass is 35.5. The van der Waals surface area contributed by atoms with E-state index in [0.29, 0.717) is 16.8 Å². The number of halogens is 1. The first-order chi connectivity index (χ1) is 14.9. The number of Topliss-reactive ketones (excluding diaryl/α,β-unsaturated/α-hetero) is 1. The van der Waals surface area contributed by atoms with Gasteiger partial charge in [-0.2, -0.15) is 0 Å². The number of carbonyl (C=O) groups excluding carboxylic acids is 2. The number of benzene rings is 3. The van der Waals surface area contributed by atoms with Crippen LogP contribution in [-0.2, 0) is 9.59 Å². The van der Waals surface area contributed by atoms with Crippen LogP contribution in [0.3, 0.4) is 0 Å². The predicted molar refractivity (Wildman–Crippen MR) is 117 cm³/mol. The third-order valence-electron chi connectivity index (χ3n) is 5.11. The minimum absolute atomic E-state index is 0.00675. The summed E-state index contributed by atoms with van der Waals surface area (Å²) in [5, 5.41) is 21.2. The number of ether oxygens (including phenoxy) is 1. The molecule has 0 radical (unpaired) electrons. The number of rotatable bonds is 4. The molecule has 0 bridgehead atoms. The molecule has 3 aromatic rings. The van der Waals surface area contributed by atoms with Gasteiger partial charge in [0.05, 0.1) is 23.7 Å². The number of nitrogens with zero attached hydrogens (tertiary/aromatic N) is 1. The van der Waals surface area contributed by atoms with Crippen LogP contribution in [0.5, 0.6) is 11.5 Å². The molecule has 1 fully saturated rings. The number of aliphatic hydroxyl groups excluding tert-OH is 1. The van der Waals surface area contributed by atoms with Gasteiger partial charge in [-0.15, -0.1) is 0 Å². The first-order valence-electron chi connectivity index (χ1n) is 9.42. The predicted octanol–water partition coefficient (Wildman–Crippen LogP) is 4.68. The summed E-state index contributed by atoms with van der Waals surface area (Å²) in [5.74, 6) is -2.07. The van der Waals surface area contributed by atoms with Gasteiger partial charge in [-0.3, -0.25) is 14.5 Å². The zero-order chi connectivity index (χ0) is 22.1. The molecule has 7 heteroatoms. The third kappa shape index (κ3) is 3.51. The molecule has 1 heterocycles. The average molecular weight is 436 g/mol. The molecule has 1 atom stereocenters. The van der Waals surface area contributed by atoms with Crippen LogP contribution in [0.2, 0.25) is 5.02 Å². The molecule has 31 heavy (non-hydrogen) atoms. The van der Waals surface area contributed by atoms with Gasteiger partial charge in [0.25, 0.3) is 11.7 Å². The van der Waals surface area contributed by atoms with E-state index in [-0.39, 0.29) is 27.9 Å². The van der Waals surface area contributed by atoms with Crippen LogP contribution >= 0.6 is 11.6 Å². The third-order valence-corrected chi connectivity index (χ3v) is 5.40. The minimum Gasteiger partial charge on any atom is -0.507 e. The number of methoxy groups -OCH3 is 1. The van der Waals surface area contributed by atoms with E-state index in [1.165, 1.54) is 24.1 Å². The van der Waals surface area contributed by atoms with Gasteiger partial charge in [-0.25, -0.2) is 0 Å². The molecule has 1 aliphatic rings. The minimum atomic E-state index is -0.977. The van der Waals surface area contributed by atoms with Crippen molar-refractivity contribution >= 4 is 34.7 Å². The summed E-state index contributed by atoms with van der Waals surface area (Å²) < 4.78 is 5.20. The molecule has 6 nitrogen and oxygen atoms in total. The summed E-state index contributed by atoms with van der Waals surface area (Å²) in [7, 11) is 1.37. The van der Waals surface area contributed by atoms with Crippen LogP contribution in [-0.4, -0.2) is 29.0 Å². The number of aromatic hydroxyl groups is 1. The monoisotopic (exact) mass is 435 g/mol. The van der Waals surface area contributed by atoms with E-state index in [9.17, 15) is 19.8 Å². The molecule has 2 N–H and O–H groups in total. The number of carbonyl (C=O) groups is 2. The molecule has 156 valence electrons. The number of phenols is 1. The SMILES string of the molecule is COc1cc(C2/C(=C(\O)c3ccccc3)C(=O)C(=O)N2c2ccccc2)cc(Cl)c1O. The van der Waals surface area contributed by atoms with Crippen molar-refractivity contribution in [2.75, 3.05) is 12.0 Å². The standard InChI is InChI=1S/C24H18ClNO5/c1-31-18-13-15(12-17(25)22(18)28)20-19(21(27)14-8-4-2-5-9-14)23(29)24(30)26(20)16-10-6-3-7-11-16/h2-13,20,27-28H,1H3/b21-19+. The van der Waals surface area contributed by atoms with Crippen LogP contribution < -0.4 is 9.64 Å². The maximum atomic E-state index is 13.1. The Morgan fingerprint density at radius 3 is 2.23 bits per heavy atom. The molecule has 1 aliphatic heterocycles. The van der Waals surface area contributed by atoms with Gasteiger partial charge in [0.1, 0.15) is 5.76 Å². The van der Waals surface area contributed by atoms with Crippen LogP contribution in [0.25, 0.3) is 5.76 Å². The second-order valence-corrected chi connectivity index (χ2v) is 7.33. The summed E-state index contributed by atoms with van der Waals surface area (Å²) in [6.45, 7) is 0. The van der Waals surface area contributed by atoms with Crippen molar-refractivity contribution in [2.24, 2.45) is 0 Å². The van der Waals surface area contributed by atoms with Crippen molar-refractivity contribution in [1.29, 1.82) is 0 Å². The molecule has 0 spiro atoms. The molecular formula is C24H18ClNO5. The van der Waals surface area contributed by atoms with Crippen molar-refractivity contribution in [3.8, 4) is 11.5 Å². The lowest BCUT2D eigenvalue weighted by atomic mass is 9.94. The summed E-state index contributed by atoms with van der Waals surface area (Å²) in [4.78, 5) is 27.4. The molecular weight excluding hydrogens is 418 g/mol. The van der Waals surface area contributed by atoms with Crippen molar-refractivity contribution in [1.82, 2.24) is 0 Å². The lowest BCUT2D eigenvalue weighted by Gasteiger charge is -2.26. The van der Waals surface area contributed by atoms with E-state index in [0.717, 1.165) is 0 Å². The normalized spacial score (nSPS) is 17.7. The molecule has 1 amide bonds. The fraction of sp³-hybridized carbons (Fsp3) is 0.0833. The summed E-state index contributed by atoms with van der Waals surface area (Å²) in [5.41, 5.74) is 1.20. The second-order valence-electron chi connectivity index (χ2n) is 6.92. The van der Waals surface area contributed by atoms with E-state index in [2.05, 4.69) is 0 Å². The van der Waals surface area contributed by atoms with Crippen LogP contribution in [0.1, 0.15) is 17.2 Å². The largest absolute Gasteiger partial charge is 0.507 e. The van der Waals surface area contributed by atoms with Crippen molar-refractivity contribution < 1.29 is 24.5 Å². The molecule has 0 saturated carbocycles. The van der Waals surface area contributed by atoms with Crippen molar-refractivity contribution in [3.63, 3.8) is 0 Å². The van der Waals surface area contributed by atoms with E-state index >= 15 is 0 Å². The van der Waals surface area contributed by atoms with Gasteiger partial charge >= 0.3 is 0 Å². The highest BCUT2D eigenvalue weighted by Crippen LogP contribution is 2.45. The van der Waals surface area contributed by atoms with Crippen molar-refractivity contribution in [2.45, 2.75) is 6.04 Å². The van der Waals surface area contributed by atoms with Gasteiger partial charge in [0.15, 0.2) is 11.5 Å². The molecule has 0 aliphatic carbocycles. The molecule has 0 aromatic heterocycles. The summed E-state index contributed by atoms with van der Waals surface area (Å²) in [6.07, 6.45) is 0. The zero-order valence-corrected chi connectivity index (χ0v) is 17.2. The number of hydrogen-bond donors (Lipinski definition) is 2. The van der Waals surface area contributed by atoms with Gasteiger partial charge in [-0.05, 0) is 29.8 Å². The van der Waals surface area contributed by atoms with Gasteiger partial charge < -0.3 is 14.9 Å². The van der Waals surface area contributed by atoms with E-state index in [1.54, 1.807) is 60.7 Å². The Balaban J connectivity index is 2.00. The number of ketones is 1. The molecule has 4 rings (SSSR count). The van der Waals surface area contributed by atoms with Crippen LogP contribution in [0, 0.1) is 0 Å².